The molecule has 3 N–H and O–H groups in total. The zero-order valence-corrected chi connectivity index (χ0v) is 15.2. The van der Waals surface area contributed by atoms with E-state index in [4.69, 9.17) is 5.73 Å². The van der Waals surface area contributed by atoms with Gasteiger partial charge in [-0.1, -0.05) is 12.1 Å². The number of hydrogen-bond acceptors (Lipinski definition) is 4. The predicted molar refractivity (Wildman–Crippen MR) is 89.3 cm³/mol. The Kier molecular flexibility index (Phi) is 4.91. The SMILES string of the molecule is CC(NS(=O)(=O)c1cc(Br)sc1Br)c1cccc(N)c1. The first-order valence-corrected chi connectivity index (χ1v) is 9.51. The molecule has 1 aromatic heterocycles. The number of nitrogens with two attached hydrogens (primary N) is 1. The highest BCUT2D eigenvalue weighted by molar-refractivity contribution is 9.12. The Morgan fingerprint density at radius 1 is 1.30 bits per heavy atom. The van der Waals surface area contributed by atoms with Gasteiger partial charge in [0, 0.05) is 11.7 Å². The quantitative estimate of drug-likeness (QED) is 0.709. The molecule has 0 spiro atoms. The van der Waals surface area contributed by atoms with Crippen molar-refractivity contribution >= 4 is 58.9 Å². The summed E-state index contributed by atoms with van der Waals surface area (Å²) in [6, 6.07) is 8.36. The van der Waals surface area contributed by atoms with Crippen molar-refractivity contribution < 1.29 is 8.42 Å². The van der Waals surface area contributed by atoms with Gasteiger partial charge in [0.25, 0.3) is 0 Å². The molecular formula is C12H12Br2N2O2S2. The Hall–Kier alpha value is -0.410. The summed E-state index contributed by atoms with van der Waals surface area (Å²) in [5.74, 6) is 0. The molecule has 20 heavy (non-hydrogen) atoms. The van der Waals surface area contributed by atoms with E-state index < -0.39 is 10.0 Å². The maximum Gasteiger partial charge on any atom is 0.243 e. The second kappa shape index (κ2) is 6.15. The van der Waals surface area contributed by atoms with E-state index in [1.54, 1.807) is 31.2 Å². The van der Waals surface area contributed by atoms with Crippen LogP contribution in [-0.2, 0) is 10.0 Å². The van der Waals surface area contributed by atoms with Crippen LogP contribution >= 0.6 is 43.2 Å². The molecule has 0 amide bonds. The van der Waals surface area contributed by atoms with Crippen LogP contribution in [0.1, 0.15) is 18.5 Å². The zero-order valence-electron chi connectivity index (χ0n) is 10.4. The summed E-state index contributed by atoms with van der Waals surface area (Å²) in [4.78, 5) is 0.227. The lowest BCUT2D eigenvalue weighted by atomic mass is 10.1. The third-order valence-corrected chi connectivity index (χ3v) is 6.95. The first-order chi connectivity index (χ1) is 9.29. The first-order valence-electron chi connectivity index (χ1n) is 5.62. The number of hydrogen-bond donors (Lipinski definition) is 2. The third-order valence-electron chi connectivity index (χ3n) is 2.66. The number of rotatable bonds is 4. The van der Waals surface area contributed by atoms with Crippen molar-refractivity contribution in [3.8, 4) is 0 Å². The number of benzene rings is 1. The van der Waals surface area contributed by atoms with E-state index in [2.05, 4.69) is 36.6 Å². The lowest BCUT2D eigenvalue weighted by Crippen LogP contribution is -2.26. The van der Waals surface area contributed by atoms with Gasteiger partial charge in [-0.2, -0.15) is 0 Å². The molecule has 1 atom stereocenters. The second-order valence-electron chi connectivity index (χ2n) is 4.20. The third kappa shape index (κ3) is 3.62. The number of nitrogens with one attached hydrogen (secondary N) is 1. The molecule has 0 saturated heterocycles. The van der Waals surface area contributed by atoms with Gasteiger partial charge in [-0.25, -0.2) is 13.1 Å². The average Bonchev–Trinajstić information content (AvgIpc) is 2.69. The normalized spacial score (nSPS) is 13.3. The molecule has 1 aromatic carbocycles. The van der Waals surface area contributed by atoms with Gasteiger partial charge in [0.2, 0.25) is 10.0 Å². The van der Waals surface area contributed by atoms with E-state index in [0.717, 1.165) is 9.35 Å². The minimum atomic E-state index is -3.59. The predicted octanol–water partition coefficient (Wildman–Crippen LogP) is 3.89. The largest absolute Gasteiger partial charge is 0.399 e. The Morgan fingerprint density at radius 2 is 2.00 bits per heavy atom. The number of anilines is 1. The van der Waals surface area contributed by atoms with Gasteiger partial charge in [-0.3, -0.25) is 0 Å². The average molecular weight is 440 g/mol. The maximum atomic E-state index is 12.3. The van der Waals surface area contributed by atoms with Gasteiger partial charge < -0.3 is 5.73 Å². The van der Waals surface area contributed by atoms with E-state index in [1.807, 2.05) is 6.07 Å². The number of nitrogen functional groups attached to an aromatic ring is 1. The molecule has 1 unspecified atom stereocenters. The van der Waals surface area contributed by atoms with Crippen molar-refractivity contribution in [3.05, 3.63) is 43.5 Å². The van der Waals surface area contributed by atoms with Crippen LogP contribution in [0.4, 0.5) is 5.69 Å². The number of thiophene rings is 1. The summed E-state index contributed by atoms with van der Waals surface area (Å²) >= 11 is 7.85. The zero-order chi connectivity index (χ0) is 14.9. The van der Waals surface area contributed by atoms with Crippen LogP contribution in [0.3, 0.4) is 0 Å². The fourth-order valence-corrected chi connectivity index (χ4v) is 6.74. The highest BCUT2D eigenvalue weighted by Gasteiger charge is 2.23. The van der Waals surface area contributed by atoms with Crippen molar-refractivity contribution in [1.82, 2.24) is 4.72 Å². The topological polar surface area (TPSA) is 72.2 Å². The standard InChI is InChI=1S/C12H12Br2N2O2S2/c1-7(8-3-2-4-9(15)5-8)16-20(17,18)10-6-11(13)19-12(10)14/h2-7,16H,15H2,1H3. The van der Waals surface area contributed by atoms with E-state index in [0.29, 0.717) is 9.47 Å². The van der Waals surface area contributed by atoms with Crippen LogP contribution in [-0.4, -0.2) is 8.42 Å². The smallest absolute Gasteiger partial charge is 0.243 e. The molecule has 0 fully saturated rings. The van der Waals surface area contributed by atoms with Crippen LogP contribution < -0.4 is 10.5 Å². The van der Waals surface area contributed by atoms with E-state index in [-0.39, 0.29) is 10.9 Å². The summed E-state index contributed by atoms with van der Waals surface area (Å²) in [5.41, 5.74) is 7.13. The van der Waals surface area contributed by atoms with E-state index >= 15 is 0 Å². The Balaban J connectivity index is 2.27. The molecule has 0 saturated carbocycles. The van der Waals surface area contributed by atoms with Gasteiger partial charge in [0.1, 0.15) is 4.90 Å². The van der Waals surface area contributed by atoms with Gasteiger partial charge in [0.05, 0.1) is 7.57 Å². The van der Waals surface area contributed by atoms with E-state index in [9.17, 15) is 8.42 Å². The molecule has 8 heteroatoms. The maximum absolute atomic E-state index is 12.3. The summed E-state index contributed by atoms with van der Waals surface area (Å²) in [6.07, 6.45) is 0. The van der Waals surface area contributed by atoms with Gasteiger partial charge >= 0.3 is 0 Å². The first kappa shape index (κ1) is 16.0. The summed E-state index contributed by atoms with van der Waals surface area (Å²) in [5, 5.41) is 0. The number of sulfonamides is 1. The van der Waals surface area contributed by atoms with E-state index in [1.165, 1.54) is 11.3 Å². The minimum Gasteiger partial charge on any atom is -0.399 e. The fourth-order valence-electron chi connectivity index (χ4n) is 1.70. The van der Waals surface area contributed by atoms with Crippen molar-refractivity contribution in [1.29, 1.82) is 0 Å². The lowest BCUT2D eigenvalue weighted by Gasteiger charge is -2.14. The molecule has 0 bridgehead atoms. The Morgan fingerprint density at radius 3 is 2.55 bits per heavy atom. The number of halogens is 2. The molecule has 0 aliphatic heterocycles. The molecule has 0 aliphatic rings. The second-order valence-corrected chi connectivity index (χ2v) is 9.63. The molecule has 0 radical (unpaired) electrons. The monoisotopic (exact) mass is 438 g/mol. The van der Waals surface area contributed by atoms with Crippen LogP contribution in [0.5, 0.6) is 0 Å². The summed E-state index contributed by atoms with van der Waals surface area (Å²) < 4.78 is 28.7. The Labute approximate surface area is 138 Å². The molecular weight excluding hydrogens is 428 g/mol. The molecule has 2 aromatic rings. The van der Waals surface area contributed by atoms with Crippen molar-refractivity contribution in [2.75, 3.05) is 5.73 Å². The molecule has 108 valence electrons. The highest BCUT2D eigenvalue weighted by Crippen LogP contribution is 2.35. The highest BCUT2D eigenvalue weighted by atomic mass is 79.9. The van der Waals surface area contributed by atoms with Crippen molar-refractivity contribution in [3.63, 3.8) is 0 Å². The lowest BCUT2D eigenvalue weighted by molar-refractivity contribution is 0.567. The van der Waals surface area contributed by atoms with Crippen molar-refractivity contribution in [2.24, 2.45) is 0 Å². The van der Waals surface area contributed by atoms with Gasteiger partial charge in [0.15, 0.2) is 0 Å². The minimum absolute atomic E-state index is 0.227. The molecule has 4 nitrogen and oxygen atoms in total. The van der Waals surface area contributed by atoms with Crippen LogP contribution in [0.2, 0.25) is 0 Å². The van der Waals surface area contributed by atoms with Crippen LogP contribution in [0, 0.1) is 0 Å². The fraction of sp³-hybridized carbons (Fsp3) is 0.167. The van der Waals surface area contributed by atoms with Gasteiger partial charge in [-0.15, -0.1) is 11.3 Å². The molecule has 1 heterocycles. The molecule has 0 aliphatic carbocycles. The van der Waals surface area contributed by atoms with Crippen LogP contribution in [0.25, 0.3) is 0 Å². The molecule has 2 rings (SSSR count). The Bertz CT molecular complexity index is 729. The van der Waals surface area contributed by atoms with Gasteiger partial charge in [-0.05, 0) is 62.5 Å². The summed E-state index contributed by atoms with van der Waals surface area (Å²) in [6.45, 7) is 1.78. The van der Waals surface area contributed by atoms with Crippen molar-refractivity contribution in [2.45, 2.75) is 17.9 Å². The summed E-state index contributed by atoms with van der Waals surface area (Å²) in [7, 11) is -3.59. The van der Waals surface area contributed by atoms with Crippen LogP contribution in [0.15, 0.2) is 42.8 Å².